The van der Waals surface area contributed by atoms with Gasteiger partial charge in [0.2, 0.25) is 0 Å². The first-order valence-electron chi connectivity index (χ1n) is 25.2. The number of carbonyl (C=O) groups excluding carboxylic acids is 3. The summed E-state index contributed by atoms with van der Waals surface area (Å²) in [6.45, 7) is 6.63. The summed E-state index contributed by atoms with van der Waals surface area (Å²) in [5, 5.41) is 0. The van der Waals surface area contributed by atoms with Crippen LogP contribution in [0.2, 0.25) is 0 Å². The lowest BCUT2D eigenvalue weighted by atomic mass is 10.0. The summed E-state index contributed by atoms with van der Waals surface area (Å²) in [6.07, 6.45) is 50.5. The smallest absolute Gasteiger partial charge is 0.306 e. The molecule has 0 aliphatic rings. The van der Waals surface area contributed by atoms with Crippen molar-refractivity contribution in [2.24, 2.45) is 0 Å². The minimum Gasteiger partial charge on any atom is -0.462 e. The quantitative estimate of drug-likeness (QED) is 0.0264. The Morgan fingerprint density at radius 2 is 0.579 bits per heavy atom. The van der Waals surface area contributed by atoms with Gasteiger partial charge in [-0.15, -0.1) is 0 Å². The van der Waals surface area contributed by atoms with Crippen molar-refractivity contribution in [3.63, 3.8) is 0 Å². The van der Waals surface area contributed by atoms with Crippen molar-refractivity contribution in [1.29, 1.82) is 0 Å². The Bertz CT molecular complexity index is 885. The SMILES string of the molecule is CCCCCCCC/C=C\CCCCCCCC(=O)OCC(COC(=O)CCCCCCCCCCC)OC(=O)CCCCCCCCCCCCCCCCC. The molecule has 0 aliphatic carbocycles. The van der Waals surface area contributed by atoms with E-state index in [0.717, 1.165) is 64.2 Å². The number of rotatable bonds is 46. The summed E-state index contributed by atoms with van der Waals surface area (Å²) in [4.78, 5) is 37.8. The third-order valence-corrected chi connectivity index (χ3v) is 11.3. The fraction of sp³-hybridized carbons (Fsp3) is 0.902. The van der Waals surface area contributed by atoms with E-state index < -0.39 is 6.10 Å². The number of hydrogen-bond acceptors (Lipinski definition) is 6. The van der Waals surface area contributed by atoms with E-state index in [4.69, 9.17) is 14.2 Å². The normalized spacial score (nSPS) is 12.0. The predicted octanol–water partition coefficient (Wildman–Crippen LogP) is 16.2. The number of unbranched alkanes of at least 4 members (excludes halogenated alkanes) is 33. The van der Waals surface area contributed by atoms with Crippen LogP contribution in [0.25, 0.3) is 0 Å². The van der Waals surface area contributed by atoms with Gasteiger partial charge in [0, 0.05) is 19.3 Å². The summed E-state index contributed by atoms with van der Waals surface area (Å²) in [7, 11) is 0. The summed E-state index contributed by atoms with van der Waals surface area (Å²) in [5.41, 5.74) is 0. The van der Waals surface area contributed by atoms with Gasteiger partial charge in [-0.1, -0.05) is 226 Å². The van der Waals surface area contributed by atoms with E-state index in [2.05, 4.69) is 32.9 Å². The highest BCUT2D eigenvalue weighted by molar-refractivity contribution is 5.71. The largest absolute Gasteiger partial charge is 0.462 e. The molecule has 0 aliphatic heterocycles. The highest BCUT2D eigenvalue weighted by atomic mass is 16.6. The molecule has 0 aromatic heterocycles. The van der Waals surface area contributed by atoms with Crippen molar-refractivity contribution in [3.8, 4) is 0 Å². The minimum atomic E-state index is -0.765. The van der Waals surface area contributed by atoms with E-state index >= 15 is 0 Å². The van der Waals surface area contributed by atoms with Gasteiger partial charge in [0.05, 0.1) is 0 Å². The summed E-state index contributed by atoms with van der Waals surface area (Å²) in [6, 6.07) is 0. The molecule has 0 N–H and O–H groups in total. The second-order valence-electron chi connectivity index (χ2n) is 17.1. The molecule has 0 saturated carbocycles. The second-order valence-corrected chi connectivity index (χ2v) is 17.1. The van der Waals surface area contributed by atoms with Gasteiger partial charge in [0.25, 0.3) is 0 Å². The van der Waals surface area contributed by atoms with Crippen LogP contribution in [0, 0.1) is 0 Å². The van der Waals surface area contributed by atoms with E-state index in [0.29, 0.717) is 19.3 Å². The van der Waals surface area contributed by atoms with Gasteiger partial charge in [0.1, 0.15) is 13.2 Å². The van der Waals surface area contributed by atoms with E-state index in [1.807, 2.05) is 0 Å². The lowest BCUT2D eigenvalue weighted by Crippen LogP contribution is -2.30. The van der Waals surface area contributed by atoms with Crippen molar-refractivity contribution in [2.75, 3.05) is 13.2 Å². The van der Waals surface area contributed by atoms with Crippen LogP contribution < -0.4 is 0 Å². The summed E-state index contributed by atoms with van der Waals surface area (Å²) in [5.74, 6) is -0.865. The number of hydrogen-bond donors (Lipinski definition) is 0. The third-order valence-electron chi connectivity index (χ3n) is 11.3. The fourth-order valence-electron chi connectivity index (χ4n) is 7.44. The Hall–Kier alpha value is -1.85. The standard InChI is InChI=1S/C51H96O6/c1-4-7-10-13-16-19-21-23-25-27-29-32-35-38-41-44-50(53)56-47-48(46-55-49(52)43-40-37-34-31-18-15-12-9-6-3)57-51(54)45-42-39-36-33-30-28-26-24-22-20-17-14-11-8-5-2/h23,25,48H,4-22,24,26-47H2,1-3H3/b25-23-. The maximum Gasteiger partial charge on any atom is 0.306 e. The molecule has 0 fully saturated rings. The number of allylic oxidation sites excluding steroid dienone is 2. The van der Waals surface area contributed by atoms with Gasteiger partial charge in [-0.2, -0.15) is 0 Å². The average Bonchev–Trinajstić information content (AvgIpc) is 3.21. The number of carbonyl (C=O) groups is 3. The Morgan fingerprint density at radius 3 is 0.877 bits per heavy atom. The van der Waals surface area contributed by atoms with Gasteiger partial charge < -0.3 is 14.2 Å². The average molecular weight is 805 g/mol. The van der Waals surface area contributed by atoms with Crippen LogP contribution in [0.15, 0.2) is 12.2 Å². The first-order chi connectivity index (χ1) is 28.0. The molecule has 1 unspecified atom stereocenters. The van der Waals surface area contributed by atoms with Gasteiger partial charge >= 0.3 is 17.9 Å². The molecule has 0 bridgehead atoms. The first-order valence-corrected chi connectivity index (χ1v) is 25.2. The zero-order valence-corrected chi connectivity index (χ0v) is 38.4. The monoisotopic (exact) mass is 805 g/mol. The van der Waals surface area contributed by atoms with Crippen LogP contribution in [0.3, 0.4) is 0 Å². The van der Waals surface area contributed by atoms with Crippen molar-refractivity contribution in [1.82, 2.24) is 0 Å². The highest BCUT2D eigenvalue weighted by Crippen LogP contribution is 2.16. The van der Waals surface area contributed by atoms with Crippen LogP contribution in [-0.2, 0) is 28.6 Å². The third kappa shape index (κ3) is 45.1. The lowest BCUT2D eigenvalue weighted by Gasteiger charge is -2.18. The maximum atomic E-state index is 12.8. The lowest BCUT2D eigenvalue weighted by molar-refractivity contribution is -0.167. The zero-order chi connectivity index (χ0) is 41.5. The Balaban J connectivity index is 4.30. The van der Waals surface area contributed by atoms with Crippen LogP contribution in [0.5, 0.6) is 0 Å². The molecule has 0 amide bonds. The predicted molar refractivity (Wildman–Crippen MR) is 243 cm³/mol. The summed E-state index contributed by atoms with van der Waals surface area (Å²) >= 11 is 0. The summed E-state index contributed by atoms with van der Waals surface area (Å²) < 4.78 is 16.8. The molecule has 0 saturated heterocycles. The van der Waals surface area contributed by atoms with Crippen molar-refractivity contribution in [2.45, 2.75) is 284 Å². The molecule has 336 valence electrons. The van der Waals surface area contributed by atoms with E-state index in [1.165, 1.54) is 173 Å². The fourth-order valence-corrected chi connectivity index (χ4v) is 7.44. The minimum absolute atomic E-state index is 0.0679. The second kappa shape index (κ2) is 46.8. The van der Waals surface area contributed by atoms with E-state index in [-0.39, 0.29) is 31.1 Å². The van der Waals surface area contributed by atoms with Crippen molar-refractivity contribution < 1.29 is 28.6 Å². The molecule has 0 radical (unpaired) electrons. The molecule has 6 heteroatoms. The number of esters is 3. The first kappa shape index (κ1) is 55.2. The van der Waals surface area contributed by atoms with E-state index in [9.17, 15) is 14.4 Å². The van der Waals surface area contributed by atoms with Crippen molar-refractivity contribution >= 4 is 17.9 Å². The molecule has 1 atom stereocenters. The Kier molecular flexibility index (Phi) is 45.3. The van der Waals surface area contributed by atoms with Crippen LogP contribution >= 0.6 is 0 Å². The van der Waals surface area contributed by atoms with Gasteiger partial charge in [-0.25, -0.2) is 0 Å². The molecule has 0 aromatic carbocycles. The topological polar surface area (TPSA) is 78.9 Å². The Morgan fingerprint density at radius 1 is 0.333 bits per heavy atom. The van der Waals surface area contributed by atoms with Crippen molar-refractivity contribution in [3.05, 3.63) is 12.2 Å². The molecule has 0 heterocycles. The van der Waals surface area contributed by atoms with Crippen LogP contribution in [-0.4, -0.2) is 37.2 Å². The molecule has 0 spiro atoms. The molecule has 0 rings (SSSR count). The maximum absolute atomic E-state index is 12.8. The zero-order valence-electron chi connectivity index (χ0n) is 38.4. The molecule has 6 nitrogen and oxygen atoms in total. The molecular weight excluding hydrogens is 709 g/mol. The molecular formula is C51H96O6. The van der Waals surface area contributed by atoms with Crippen LogP contribution in [0.4, 0.5) is 0 Å². The molecule has 0 aromatic rings. The van der Waals surface area contributed by atoms with Gasteiger partial charge in [-0.05, 0) is 44.9 Å². The van der Waals surface area contributed by atoms with Crippen LogP contribution in [0.1, 0.15) is 278 Å². The number of ether oxygens (including phenoxy) is 3. The van der Waals surface area contributed by atoms with E-state index in [1.54, 1.807) is 0 Å². The highest BCUT2D eigenvalue weighted by Gasteiger charge is 2.19. The van der Waals surface area contributed by atoms with Gasteiger partial charge in [0.15, 0.2) is 6.10 Å². The molecule has 57 heavy (non-hydrogen) atoms. The Labute approximate surface area is 354 Å². The van der Waals surface area contributed by atoms with Gasteiger partial charge in [-0.3, -0.25) is 14.4 Å².